The maximum Gasteiger partial charge on any atom is 0.407 e. The average molecular weight is 519 g/mol. The highest BCUT2D eigenvalue weighted by Crippen LogP contribution is 2.24. The molecule has 0 bridgehead atoms. The van der Waals surface area contributed by atoms with Crippen LogP contribution in [0.15, 0.2) is 66.7 Å². The van der Waals surface area contributed by atoms with Crippen LogP contribution < -0.4 is 16.0 Å². The molecule has 8 nitrogen and oxygen atoms in total. The van der Waals surface area contributed by atoms with E-state index < -0.39 is 11.7 Å². The topological polar surface area (TPSA) is 99.8 Å². The highest BCUT2D eigenvalue weighted by atomic mass is 19.1. The summed E-state index contributed by atoms with van der Waals surface area (Å²) in [5, 5.41) is 8.41. The van der Waals surface area contributed by atoms with Gasteiger partial charge in [-0.1, -0.05) is 30.3 Å². The molecule has 3 N–H and O–H groups in total. The molecule has 4 amide bonds. The first-order chi connectivity index (χ1) is 18.1. The molecule has 0 radical (unpaired) electrons. The first-order valence-electron chi connectivity index (χ1n) is 12.3. The number of urea groups is 1. The molecule has 0 fully saturated rings. The lowest BCUT2D eigenvalue weighted by molar-refractivity contribution is 0.0523. The van der Waals surface area contributed by atoms with Crippen LogP contribution in [0.2, 0.25) is 0 Å². The van der Waals surface area contributed by atoms with Crippen LogP contribution in [0.5, 0.6) is 0 Å². The van der Waals surface area contributed by atoms with Crippen LogP contribution >= 0.6 is 0 Å². The van der Waals surface area contributed by atoms with Crippen molar-refractivity contribution in [2.45, 2.75) is 52.6 Å². The van der Waals surface area contributed by atoms with E-state index in [-0.39, 0.29) is 17.8 Å². The molecule has 0 aromatic heterocycles. The minimum atomic E-state index is -0.552. The Labute approximate surface area is 221 Å². The van der Waals surface area contributed by atoms with Crippen molar-refractivity contribution in [3.05, 3.63) is 100 Å². The van der Waals surface area contributed by atoms with Crippen molar-refractivity contribution in [1.29, 1.82) is 0 Å². The van der Waals surface area contributed by atoms with Crippen molar-refractivity contribution in [3.8, 4) is 0 Å². The van der Waals surface area contributed by atoms with E-state index in [1.807, 2.05) is 45.0 Å². The van der Waals surface area contributed by atoms with Gasteiger partial charge in [-0.25, -0.2) is 14.0 Å². The van der Waals surface area contributed by atoms with Crippen molar-refractivity contribution >= 4 is 23.7 Å². The van der Waals surface area contributed by atoms with Crippen molar-refractivity contribution in [2.24, 2.45) is 0 Å². The number of anilines is 1. The van der Waals surface area contributed by atoms with Gasteiger partial charge >= 0.3 is 12.1 Å². The number of ether oxygens (including phenoxy) is 1. The number of carbonyl (C=O) groups excluding carboxylic acids is 3. The number of alkyl carbamates (subject to hydrolysis) is 1. The van der Waals surface area contributed by atoms with Gasteiger partial charge in [0.15, 0.2) is 0 Å². The highest BCUT2D eigenvalue weighted by Gasteiger charge is 2.23. The van der Waals surface area contributed by atoms with Crippen molar-refractivity contribution in [3.63, 3.8) is 0 Å². The Morgan fingerprint density at radius 3 is 2.08 bits per heavy atom. The molecule has 0 saturated heterocycles. The number of amides is 4. The molecular weight excluding hydrogens is 487 g/mol. The number of hydrogen-bond acceptors (Lipinski definition) is 4. The van der Waals surface area contributed by atoms with E-state index in [2.05, 4.69) is 16.0 Å². The Morgan fingerprint density at radius 2 is 1.45 bits per heavy atom. The molecule has 4 rings (SSSR count). The maximum atomic E-state index is 13.4. The lowest BCUT2D eigenvalue weighted by Crippen LogP contribution is -2.32. The molecule has 0 saturated carbocycles. The summed E-state index contributed by atoms with van der Waals surface area (Å²) in [4.78, 5) is 38.6. The van der Waals surface area contributed by atoms with E-state index in [0.717, 1.165) is 22.3 Å². The Balaban J connectivity index is 1.22. The number of benzene rings is 3. The van der Waals surface area contributed by atoms with Crippen LogP contribution in [0.25, 0.3) is 0 Å². The number of nitrogens with one attached hydrogen (secondary N) is 3. The van der Waals surface area contributed by atoms with Crippen LogP contribution in [-0.2, 0) is 30.9 Å². The summed E-state index contributed by atoms with van der Waals surface area (Å²) in [7, 11) is 0. The zero-order valence-electron chi connectivity index (χ0n) is 21.6. The summed E-state index contributed by atoms with van der Waals surface area (Å²) in [6.07, 6.45) is -0.474. The molecule has 0 unspecified atom stereocenters. The van der Waals surface area contributed by atoms with E-state index >= 15 is 0 Å². The van der Waals surface area contributed by atoms with Gasteiger partial charge in [-0.3, -0.25) is 4.79 Å². The summed E-state index contributed by atoms with van der Waals surface area (Å²) >= 11 is 0. The third kappa shape index (κ3) is 7.32. The Hall–Kier alpha value is -4.40. The molecule has 0 aliphatic carbocycles. The standard InChI is InChI=1S/C29H31FN4O4/c1-29(2,3)38-28(37)32-16-20-6-4-19(5-7-20)15-31-26(35)21-9-12-25(13-10-21)33-27(36)34-17-22-8-11-24(30)14-23(22)18-34/h4-14H,15-18H2,1-3H3,(H,31,35)(H,32,37)(H,33,36). The van der Waals surface area contributed by atoms with Gasteiger partial charge in [0, 0.05) is 37.4 Å². The second-order valence-electron chi connectivity index (χ2n) is 10.1. The number of nitrogens with zero attached hydrogens (tertiary/aromatic N) is 1. The summed E-state index contributed by atoms with van der Waals surface area (Å²) in [6, 6.07) is 18.4. The lowest BCUT2D eigenvalue weighted by atomic mass is 10.1. The summed E-state index contributed by atoms with van der Waals surface area (Å²) in [6.45, 7) is 6.87. The maximum absolute atomic E-state index is 13.4. The van der Waals surface area contributed by atoms with Gasteiger partial charge in [-0.15, -0.1) is 0 Å². The largest absolute Gasteiger partial charge is 0.444 e. The van der Waals surface area contributed by atoms with Crippen LogP contribution in [0.4, 0.5) is 19.7 Å². The fourth-order valence-corrected chi connectivity index (χ4v) is 3.96. The summed E-state index contributed by atoms with van der Waals surface area (Å²) < 4.78 is 18.7. The molecule has 0 atom stereocenters. The zero-order chi connectivity index (χ0) is 27.3. The van der Waals surface area contributed by atoms with Crippen molar-refractivity contribution in [1.82, 2.24) is 15.5 Å². The normalized spacial score (nSPS) is 12.5. The Kier molecular flexibility index (Phi) is 7.95. The highest BCUT2D eigenvalue weighted by molar-refractivity contribution is 5.95. The minimum Gasteiger partial charge on any atom is -0.444 e. The summed E-state index contributed by atoms with van der Waals surface area (Å²) in [5.41, 5.74) is 4.03. The zero-order valence-corrected chi connectivity index (χ0v) is 21.6. The van der Waals surface area contributed by atoms with E-state index in [4.69, 9.17) is 4.74 Å². The molecule has 38 heavy (non-hydrogen) atoms. The van der Waals surface area contributed by atoms with E-state index in [1.54, 1.807) is 35.2 Å². The van der Waals surface area contributed by atoms with Gasteiger partial charge in [0.25, 0.3) is 5.91 Å². The van der Waals surface area contributed by atoms with Crippen molar-refractivity contribution < 1.29 is 23.5 Å². The monoisotopic (exact) mass is 518 g/mol. The second kappa shape index (κ2) is 11.3. The number of carbonyl (C=O) groups is 3. The molecule has 0 spiro atoms. The number of rotatable bonds is 6. The van der Waals surface area contributed by atoms with Crippen LogP contribution in [0.3, 0.4) is 0 Å². The molecule has 198 valence electrons. The SMILES string of the molecule is CC(C)(C)OC(=O)NCc1ccc(CNC(=O)c2ccc(NC(=O)N3Cc4ccc(F)cc4C3)cc2)cc1. The Bertz CT molecular complexity index is 1320. The molecule has 1 heterocycles. The van der Waals surface area contributed by atoms with Gasteiger partial charge in [0.1, 0.15) is 11.4 Å². The second-order valence-corrected chi connectivity index (χ2v) is 10.1. The van der Waals surface area contributed by atoms with Crippen LogP contribution in [0, 0.1) is 5.82 Å². The average Bonchev–Trinajstić information content (AvgIpc) is 3.29. The third-order valence-corrected chi connectivity index (χ3v) is 5.89. The van der Waals surface area contributed by atoms with Gasteiger partial charge in [-0.2, -0.15) is 0 Å². The first kappa shape index (κ1) is 26.7. The van der Waals surface area contributed by atoms with Gasteiger partial charge in [0.05, 0.1) is 0 Å². The fourth-order valence-electron chi connectivity index (χ4n) is 3.96. The fraction of sp³-hybridized carbons (Fsp3) is 0.276. The van der Waals surface area contributed by atoms with E-state index in [0.29, 0.717) is 37.4 Å². The summed E-state index contributed by atoms with van der Waals surface area (Å²) in [5.74, 6) is -0.556. The quantitative estimate of drug-likeness (QED) is 0.411. The number of hydrogen-bond donors (Lipinski definition) is 3. The third-order valence-electron chi connectivity index (χ3n) is 5.89. The first-order valence-corrected chi connectivity index (χ1v) is 12.3. The molecular formula is C29H31FN4O4. The van der Waals surface area contributed by atoms with Gasteiger partial charge < -0.3 is 25.6 Å². The Morgan fingerprint density at radius 1 is 0.842 bits per heavy atom. The molecule has 3 aromatic rings. The molecule has 3 aromatic carbocycles. The molecule has 1 aliphatic rings. The smallest absolute Gasteiger partial charge is 0.407 e. The van der Waals surface area contributed by atoms with Crippen molar-refractivity contribution in [2.75, 3.05) is 5.32 Å². The predicted molar refractivity (Wildman–Crippen MR) is 142 cm³/mol. The minimum absolute atomic E-state index is 0.240. The predicted octanol–water partition coefficient (Wildman–Crippen LogP) is 5.33. The molecule has 9 heteroatoms. The lowest BCUT2D eigenvalue weighted by Gasteiger charge is -2.19. The number of fused-ring (bicyclic) bond motifs is 1. The van der Waals surface area contributed by atoms with E-state index in [9.17, 15) is 18.8 Å². The van der Waals surface area contributed by atoms with Crippen LogP contribution in [-0.4, -0.2) is 28.5 Å². The number of halogens is 1. The van der Waals surface area contributed by atoms with Gasteiger partial charge in [-0.05, 0) is 79.4 Å². The van der Waals surface area contributed by atoms with Gasteiger partial charge in [0.2, 0.25) is 0 Å². The van der Waals surface area contributed by atoms with E-state index in [1.165, 1.54) is 12.1 Å². The van der Waals surface area contributed by atoms with Crippen LogP contribution in [0.1, 0.15) is 53.4 Å². The molecule has 1 aliphatic heterocycles.